The molecule has 5 heteroatoms. The molecule has 5 rings (SSSR count). The normalized spacial score (nSPS) is 18.1. The zero-order chi connectivity index (χ0) is 20.0. The Morgan fingerprint density at radius 1 is 1.07 bits per heavy atom. The van der Waals surface area contributed by atoms with E-state index >= 15 is 0 Å². The molecule has 1 aliphatic heterocycles. The number of carbonyl (C=O) groups is 1. The summed E-state index contributed by atoms with van der Waals surface area (Å²) in [5, 5.41) is 4.59. The number of nitrogens with zero attached hydrogens (tertiary/aromatic N) is 1. The van der Waals surface area contributed by atoms with E-state index in [1.807, 2.05) is 30.3 Å². The number of hydrogen-bond acceptors (Lipinski definition) is 5. The van der Waals surface area contributed by atoms with E-state index < -0.39 is 0 Å². The van der Waals surface area contributed by atoms with Crippen LogP contribution in [0.2, 0.25) is 0 Å². The Kier molecular flexibility index (Phi) is 4.23. The standard InChI is InChI=1S/C24H22N2O3/c1-28-14-8-11-21(29-2)16(13-14)23-22-15-5-4-12-25-17(15)9-10-19(22)26-18-6-3-7-20(27)24(18)23/h4-5,8-13,23,26H,3,6-7H2,1-2H3/t23-/m0/s1. The van der Waals surface area contributed by atoms with Crippen LogP contribution in [0.5, 0.6) is 11.5 Å². The van der Waals surface area contributed by atoms with E-state index in [1.165, 1.54) is 0 Å². The number of fused-ring (bicyclic) bond motifs is 3. The molecule has 0 saturated heterocycles. The lowest BCUT2D eigenvalue weighted by atomic mass is 9.74. The summed E-state index contributed by atoms with van der Waals surface area (Å²) >= 11 is 0. The zero-order valence-corrected chi connectivity index (χ0v) is 16.5. The van der Waals surface area contributed by atoms with Crippen molar-refractivity contribution in [3.63, 3.8) is 0 Å². The number of anilines is 1. The predicted molar refractivity (Wildman–Crippen MR) is 113 cm³/mol. The summed E-state index contributed by atoms with van der Waals surface area (Å²) < 4.78 is 11.2. The van der Waals surface area contributed by atoms with Gasteiger partial charge in [0.25, 0.3) is 0 Å². The number of allylic oxidation sites excluding steroid dienone is 2. The second-order valence-corrected chi connectivity index (χ2v) is 7.43. The van der Waals surface area contributed by atoms with Crippen LogP contribution in [0.25, 0.3) is 10.9 Å². The summed E-state index contributed by atoms with van der Waals surface area (Å²) in [7, 11) is 3.31. The SMILES string of the molecule is COc1ccc(OC)c([C@@H]2C3=C(CCCC3=O)Nc3ccc4ncccc4c32)c1. The summed E-state index contributed by atoms with van der Waals surface area (Å²) in [6.07, 6.45) is 4.11. The Balaban J connectivity index is 1.86. The fourth-order valence-electron chi connectivity index (χ4n) is 4.61. The van der Waals surface area contributed by atoms with Crippen molar-refractivity contribution in [2.75, 3.05) is 19.5 Å². The number of aromatic nitrogens is 1. The summed E-state index contributed by atoms with van der Waals surface area (Å²) in [5.74, 6) is 1.45. The van der Waals surface area contributed by atoms with Crippen molar-refractivity contribution in [2.24, 2.45) is 0 Å². The molecule has 0 radical (unpaired) electrons. The summed E-state index contributed by atoms with van der Waals surface area (Å²) in [6, 6.07) is 13.9. The average Bonchev–Trinajstić information content (AvgIpc) is 2.77. The van der Waals surface area contributed by atoms with E-state index in [9.17, 15) is 4.79 Å². The monoisotopic (exact) mass is 386 g/mol. The van der Waals surface area contributed by atoms with Crippen LogP contribution in [-0.4, -0.2) is 25.0 Å². The Morgan fingerprint density at radius 2 is 1.97 bits per heavy atom. The van der Waals surface area contributed by atoms with E-state index in [1.54, 1.807) is 20.4 Å². The van der Waals surface area contributed by atoms with Crippen LogP contribution >= 0.6 is 0 Å². The highest BCUT2D eigenvalue weighted by Crippen LogP contribution is 2.50. The largest absolute Gasteiger partial charge is 0.497 e. The zero-order valence-electron chi connectivity index (χ0n) is 16.5. The van der Waals surface area contributed by atoms with E-state index in [2.05, 4.69) is 22.4 Å². The molecule has 0 unspecified atom stereocenters. The number of methoxy groups -OCH3 is 2. The first-order chi connectivity index (χ1) is 14.2. The highest BCUT2D eigenvalue weighted by atomic mass is 16.5. The smallest absolute Gasteiger partial charge is 0.161 e. The lowest BCUT2D eigenvalue weighted by molar-refractivity contribution is -0.116. The molecule has 0 bridgehead atoms. The first-order valence-corrected chi connectivity index (χ1v) is 9.84. The third-order valence-corrected chi connectivity index (χ3v) is 5.89. The molecule has 1 atom stereocenters. The van der Waals surface area contributed by atoms with Crippen LogP contribution in [0.3, 0.4) is 0 Å². The number of benzene rings is 2. The third kappa shape index (κ3) is 2.77. The Labute approximate surface area is 169 Å². The van der Waals surface area contributed by atoms with Gasteiger partial charge in [-0.2, -0.15) is 0 Å². The van der Waals surface area contributed by atoms with Gasteiger partial charge in [0.2, 0.25) is 0 Å². The number of carbonyl (C=O) groups excluding carboxylic acids is 1. The van der Waals surface area contributed by atoms with Crippen LogP contribution < -0.4 is 14.8 Å². The molecule has 0 amide bonds. The molecule has 0 fully saturated rings. The van der Waals surface area contributed by atoms with Crippen LogP contribution in [-0.2, 0) is 4.79 Å². The predicted octanol–water partition coefficient (Wildman–Crippen LogP) is 4.82. The van der Waals surface area contributed by atoms with Crippen molar-refractivity contribution in [3.8, 4) is 11.5 Å². The summed E-state index contributed by atoms with van der Waals surface area (Å²) in [4.78, 5) is 17.7. The molecule has 0 saturated carbocycles. The van der Waals surface area contributed by atoms with Crippen LogP contribution in [0.1, 0.15) is 36.3 Å². The van der Waals surface area contributed by atoms with Gasteiger partial charge in [0.05, 0.1) is 19.7 Å². The van der Waals surface area contributed by atoms with Crippen molar-refractivity contribution < 1.29 is 14.3 Å². The molecule has 2 aliphatic rings. The number of hydrogen-bond donors (Lipinski definition) is 1. The first-order valence-electron chi connectivity index (χ1n) is 9.84. The topological polar surface area (TPSA) is 60.5 Å². The number of ether oxygens (including phenoxy) is 2. The summed E-state index contributed by atoms with van der Waals surface area (Å²) in [5.41, 5.74) is 5.80. The van der Waals surface area contributed by atoms with Gasteiger partial charge < -0.3 is 14.8 Å². The minimum Gasteiger partial charge on any atom is -0.497 e. The average molecular weight is 386 g/mol. The number of Topliss-reactive ketones (excluding diaryl/α,β-unsaturated/α-hetero) is 1. The third-order valence-electron chi connectivity index (χ3n) is 5.89. The molecule has 146 valence electrons. The van der Waals surface area contributed by atoms with Gasteiger partial charge in [-0.15, -0.1) is 0 Å². The summed E-state index contributed by atoms with van der Waals surface area (Å²) in [6.45, 7) is 0. The first kappa shape index (κ1) is 17.7. The van der Waals surface area contributed by atoms with Gasteiger partial charge in [-0.25, -0.2) is 0 Å². The van der Waals surface area contributed by atoms with Gasteiger partial charge in [-0.1, -0.05) is 6.07 Å². The number of ketones is 1. The lowest BCUT2D eigenvalue weighted by Gasteiger charge is -2.35. The molecule has 2 heterocycles. The highest BCUT2D eigenvalue weighted by Gasteiger charge is 2.37. The molecule has 0 spiro atoms. The van der Waals surface area contributed by atoms with E-state index in [4.69, 9.17) is 9.47 Å². The van der Waals surface area contributed by atoms with Crippen molar-refractivity contribution >= 4 is 22.4 Å². The van der Waals surface area contributed by atoms with Gasteiger partial charge in [-0.3, -0.25) is 9.78 Å². The molecule has 5 nitrogen and oxygen atoms in total. The van der Waals surface area contributed by atoms with Crippen molar-refractivity contribution in [2.45, 2.75) is 25.2 Å². The lowest BCUT2D eigenvalue weighted by Crippen LogP contribution is -2.27. The molecule has 3 aromatic rings. The Morgan fingerprint density at radius 3 is 2.79 bits per heavy atom. The second kappa shape index (κ2) is 6.92. The molecular weight excluding hydrogens is 364 g/mol. The van der Waals surface area contributed by atoms with Crippen LogP contribution in [0.4, 0.5) is 5.69 Å². The van der Waals surface area contributed by atoms with E-state index in [0.29, 0.717) is 6.42 Å². The highest BCUT2D eigenvalue weighted by molar-refractivity contribution is 6.03. The minimum atomic E-state index is -0.230. The molecule has 1 aromatic heterocycles. The number of rotatable bonds is 3. The van der Waals surface area contributed by atoms with E-state index in [0.717, 1.165) is 63.3 Å². The van der Waals surface area contributed by atoms with Gasteiger partial charge in [0.15, 0.2) is 5.78 Å². The van der Waals surface area contributed by atoms with Crippen molar-refractivity contribution in [1.29, 1.82) is 0 Å². The van der Waals surface area contributed by atoms with Crippen molar-refractivity contribution in [3.05, 3.63) is 71.1 Å². The Hall–Kier alpha value is -3.34. The fraction of sp³-hybridized carbons (Fsp3) is 0.250. The second-order valence-electron chi connectivity index (χ2n) is 7.43. The molecule has 1 aliphatic carbocycles. The molecule has 1 N–H and O–H groups in total. The Bertz CT molecular complexity index is 1170. The van der Waals surface area contributed by atoms with E-state index in [-0.39, 0.29) is 11.7 Å². The van der Waals surface area contributed by atoms with Gasteiger partial charge in [0.1, 0.15) is 11.5 Å². The molecule has 2 aromatic carbocycles. The van der Waals surface area contributed by atoms with Gasteiger partial charge in [-0.05, 0) is 54.8 Å². The maximum absolute atomic E-state index is 13.1. The maximum Gasteiger partial charge on any atom is 0.161 e. The van der Waals surface area contributed by atoms with Crippen LogP contribution in [0.15, 0.2) is 59.9 Å². The molecule has 29 heavy (non-hydrogen) atoms. The number of pyridine rings is 1. The molecular formula is C24H22N2O3. The van der Waals surface area contributed by atoms with Gasteiger partial charge in [0, 0.05) is 46.4 Å². The minimum absolute atomic E-state index is 0.195. The fourth-order valence-corrected chi connectivity index (χ4v) is 4.61. The van der Waals surface area contributed by atoms with Crippen LogP contribution in [0, 0.1) is 0 Å². The number of nitrogens with one attached hydrogen (secondary N) is 1. The van der Waals surface area contributed by atoms with Crippen molar-refractivity contribution in [1.82, 2.24) is 4.98 Å². The maximum atomic E-state index is 13.1. The van der Waals surface area contributed by atoms with Gasteiger partial charge >= 0.3 is 0 Å². The quantitative estimate of drug-likeness (QED) is 0.700.